The van der Waals surface area contributed by atoms with Gasteiger partial charge in [0, 0.05) is 18.4 Å². The Balaban J connectivity index is 1.32. The number of hydrogen-bond donors (Lipinski definition) is 2. The minimum Gasteiger partial charge on any atom is -0.473 e. The zero-order chi connectivity index (χ0) is 20.6. The molecule has 2 aromatic carbocycles. The Morgan fingerprint density at radius 3 is 2.10 bits per heavy atom. The van der Waals surface area contributed by atoms with Gasteiger partial charge in [0.05, 0.1) is 12.2 Å². The van der Waals surface area contributed by atoms with E-state index in [1.165, 1.54) is 0 Å². The van der Waals surface area contributed by atoms with Crippen molar-refractivity contribution in [2.45, 2.75) is 43.9 Å². The number of carbonyl (C=O) groups is 1. The van der Waals surface area contributed by atoms with E-state index in [1.54, 1.807) is 18.6 Å². The molecule has 0 aliphatic heterocycles. The topological polar surface area (TPSA) is 76.1 Å². The summed E-state index contributed by atoms with van der Waals surface area (Å²) in [5, 5.41) is 6.29. The molecule has 1 aromatic heterocycles. The molecular formula is C24H26N4O2. The molecule has 1 aliphatic rings. The van der Waals surface area contributed by atoms with Crippen LogP contribution in [0.2, 0.25) is 0 Å². The van der Waals surface area contributed by atoms with Crippen molar-refractivity contribution >= 4 is 6.03 Å². The molecule has 30 heavy (non-hydrogen) atoms. The maximum atomic E-state index is 12.8. The van der Waals surface area contributed by atoms with Gasteiger partial charge in [-0.15, -0.1) is 0 Å². The van der Waals surface area contributed by atoms with Gasteiger partial charge in [-0.25, -0.2) is 9.78 Å². The highest BCUT2D eigenvalue weighted by Gasteiger charge is 2.25. The number of hydrogen-bond acceptors (Lipinski definition) is 4. The van der Waals surface area contributed by atoms with Gasteiger partial charge in [0.15, 0.2) is 0 Å². The first-order chi connectivity index (χ1) is 14.8. The first kappa shape index (κ1) is 19.9. The number of benzene rings is 2. The fourth-order valence-electron chi connectivity index (χ4n) is 3.85. The number of urea groups is 1. The van der Waals surface area contributed by atoms with Crippen molar-refractivity contribution in [1.29, 1.82) is 0 Å². The highest BCUT2D eigenvalue weighted by atomic mass is 16.5. The van der Waals surface area contributed by atoms with Gasteiger partial charge in [-0.2, -0.15) is 0 Å². The maximum Gasteiger partial charge on any atom is 0.315 e. The lowest BCUT2D eigenvalue weighted by Crippen LogP contribution is -2.45. The van der Waals surface area contributed by atoms with E-state index in [1.807, 2.05) is 60.7 Å². The van der Waals surface area contributed by atoms with Crippen molar-refractivity contribution in [3.05, 3.63) is 90.4 Å². The molecule has 154 valence electrons. The van der Waals surface area contributed by atoms with Crippen molar-refractivity contribution in [3.8, 4) is 5.88 Å². The summed E-state index contributed by atoms with van der Waals surface area (Å²) in [5.41, 5.74) is 2.11. The second kappa shape index (κ2) is 9.87. The smallest absolute Gasteiger partial charge is 0.315 e. The van der Waals surface area contributed by atoms with Gasteiger partial charge in [0.25, 0.3) is 0 Å². The van der Waals surface area contributed by atoms with Crippen molar-refractivity contribution in [3.63, 3.8) is 0 Å². The van der Waals surface area contributed by atoms with Gasteiger partial charge < -0.3 is 15.4 Å². The Bertz CT molecular complexity index is 874. The first-order valence-electron chi connectivity index (χ1n) is 10.4. The number of nitrogens with zero attached hydrogens (tertiary/aromatic N) is 2. The number of rotatable bonds is 6. The monoisotopic (exact) mass is 402 g/mol. The zero-order valence-electron chi connectivity index (χ0n) is 16.8. The molecule has 0 spiro atoms. The van der Waals surface area contributed by atoms with Crippen LogP contribution in [0, 0.1) is 0 Å². The molecule has 2 amide bonds. The summed E-state index contributed by atoms with van der Waals surface area (Å²) in [7, 11) is 0. The van der Waals surface area contributed by atoms with Crippen LogP contribution in [-0.4, -0.2) is 28.1 Å². The molecular weight excluding hydrogens is 376 g/mol. The fraction of sp³-hybridized carbons (Fsp3) is 0.292. The molecule has 3 aromatic rings. The summed E-state index contributed by atoms with van der Waals surface area (Å²) in [6, 6.07) is 19.9. The molecule has 0 saturated heterocycles. The lowest BCUT2D eigenvalue weighted by molar-refractivity contribution is 0.134. The molecule has 1 aliphatic carbocycles. The average molecular weight is 402 g/mol. The number of aromatic nitrogens is 2. The van der Waals surface area contributed by atoms with Crippen molar-refractivity contribution in [2.24, 2.45) is 0 Å². The highest BCUT2D eigenvalue weighted by Crippen LogP contribution is 2.24. The SMILES string of the molecule is O=C(NC1CCC(Oc2cnccn2)CC1)NC(c1ccccc1)c1ccccc1. The van der Waals surface area contributed by atoms with Gasteiger partial charge in [0.1, 0.15) is 6.10 Å². The Hall–Kier alpha value is -3.41. The third-order valence-electron chi connectivity index (χ3n) is 5.38. The second-order valence-corrected chi connectivity index (χ2v) is 7.51. The highest BCUT2D eigenvalue weighted by molar-refractivity contribution is 5.75. The van der Waals surface area contributed by atoms with Crippen LogP contribution in [0.4, 0.5) is 4.79 Å². The average Bonchev–Trinajstić information content (AvgIpc) is 2.81. The summed E-state index contributed by atoms with van der Waals surface area (Å²) in [6.07, 6.45) is 8.51. The quantitative estimate of drug-likeness (QED) is 0.646. The predicted octanol–water partition coefficient (Wildman–Crippen LogP) is 4.26. The van der Waals surface area contributed by atoms with Gasteiger partial charge in [-0.1, -0.05) is 60.7 Å². The van der Waals surface area contributed by atoms with Crippen LogP contribution in [0.1, 0.15) is 42.9 Å². The lowest BCUT2D eigenvalue weighted by atomic mass is 9.93. The number of amides is 2. The standard InChI is InChI=1S/C24H26N4O2/c29-24(27-20-11-13-21(14-12-20)30-22-17-25-15-16-26-22)28-23(18-7-3-1-4-8-18)19-9-5-2-6-10-19/h1-10,15-17,20-21,23H,11-14H2,(H2,27,28,29). The van der Waals surface area contributed by atoms with E-state index in [2.05, 4.69) is 20.6 Å². The zero-order valence-corrected chi connectivity index (χ0v) is 16.8. The largest absolute Gasteiger partial charge is 0.473 e. The Labute approximate surface area is 176 Å². The minimum atomic E-state index is -0.191. The second-order valence-electron chi connectivity index (χ2n) is 7.51. The molecule has 0 atom stereocenters. The maximum absolute atomic E-state index is 12.8. The molecule has 2 N–H and O–H groups in total. The predicted molar refractivity (Wildman–Crippen MR) is 115 cm³/mol. The normalized spacial score (nSPS) is 18.6. The molecule has 1 fully saturated rings. The van der Waals surface area contributed by atoms with Gasteiger partial charge in [-0.05, 0) is 36.8 Å². The van der Waals surface area contributed by atoms with Crippen molar-refractivity contribution in [1.82, 2.24) is 20.6 Å². The van der Waals surface area contributed by atoms with E-state index < -0.39 is 0 Å². The van der Waals surface area contributed by atoms with Crippen molar-refractivity contribution in [2.75, 3.05) is 0 Å². The van der Waals surface area contributed by atoms with Crippen LogP contribution in [0.25, 0.3) is 0 Å². The lowest BCUT2D eigenvalue weighted by Gasteiger charge is -2.30. The summed E-state index contributed by atoms with van der Waals surface area (Å²) < 4.78 is 5.89. The Morgan fingerprint density at radius 2 is 1.53 bits per heavy atom. The van der Waals surface area contributed by atoms with Crippen LogP contribution in [0.3, 0.4) is 0 Å². The third kappa shape index (κ3) is 5.35. The summed E-state index contributed by atoms with van der Waals surface area (Å²) in [5.74, 6) is 0.556. The van der Waals surface area contributed by atoms with Gasteiger partial charge in [0.2, 0.25) is 5.88 Å². The number of nitrogens with one attached hydrogen (secondary N) is 2. The van der Waals surface area contributed by atoms with Gasteiger partial charge >= 0.3 is 6.03 Å². The molecule has 0 radical (unpaired) electrons. The van der Waals surface area contributed by atoms with Gasteiger partial charge in [-0.3, -0.25) is 4.98 Å². The van der Waals surface area contributed by atoms with E-state index in [9.17, 15) is 4.79 Å². The molecule has 0 unspecified atom stereocenters. The van der Waals surface area contributed by atoms with E-state index in [-0.39, 0.29) is 24.2 Å². The summed E-state index contributed by atoms with van der Waals surface area (Å²) in [4.78, 5) is 21.0. The van der Waals surface area contributed by atoms with E-state index in [0.717, 1.165) is 36.8 Å². The molecule has 6 heteroatoms. The first-order valence-corrected chi connectivity index (χ1v) is 10.4. The van der Waals surface area contributed by atoms with Crippen LogP contribution in [0.15, 0.2) is 79.3 Å². The molecule has 6 nitrogen and oxygen atoms in total. The number of carbonyl (C=O) groups excluding carboxylic acids is 1. The Morgan fingerprint density at radius 1 is 0.900 bits per heavy atom. The van der Waals surface area contributed by atoms with E-state index >= 15 is 0 Å². The summed E-state index contributed by atoms with van der Waals surface area (Å²) in [6.45, 7) is 0. The van der Waals surface area contributed by atoms with E-state index in [4.69, 9.17) is 4.74 Å². The van der Waals surface area contributed by atoms with Crippen LogP contribution in [-0.2, 0) is 0 Å². The molecule has 1 heterocycles. The number of ether oxygens (including phenoxy) is 1. The van der Waals surface area contributed by atoms with Crippen molar-refractivity contribution < 1.29 is 9.53 Å². The van der Waals surface area contributed by atoms with Crippen LogP contribution >= 0.6 is 0 Å². The molecule has 0 bridgehead atoms. The fourth-order valence-corrected chi connectivity index (χ4v) is 3.85. The van der Waals surface area contributed by atoms with Crippen LogP contribution in [0.5, 0.6) is 5.88 Å². The third-order valence-corrected chi connectivity index (χ3v) is 5.38. The summed E-state index contributed by atoms with van der Waals surface area (Å²) >= 11 is 0. The minimum absolute atomic E-state index is 0.115. The van der Waals surface area contributed by atoms with E-state index in [0.29, 0.717) is 5.88 Å². The van der Waals surface area contributed by atoms with Crippen LogP contribution < -0.4 is 15.4 Å². The molecule has 4 rings (SSSR count). The molecule has 1 saturated carbocycles. The Kier molecular flexibility index (Phi) is 6.54.